The van der Waals surface area contributed by atoms with Crippen LogP contribution in [0.25, 0.3) is 11.1 Å². The number of halogens is 2. The maximum atomic E-state index is 14.4. The number of carbonyl (C=O) groups excluding carboxylic acids is 2. The Bertz CT molecular complexity index is 920. The highest BCUT2D eigenvalue weighted by atomic mass is 32.2. The van der Waals surface area contributed by atoms with Crippen molar-refractivity contribution >= 4 is 33.8 Å². The second-order valence-electron chi connectivity index (χ2n) is 5.63. The van der Waals surface area contributed by atoms with Crippen LogP contribution in [0.2, 0.25) is 0 Å². The summed E-state index contributed by atoms with van der Waals surface area (Å²) in [6.07, 6.45) is 0. The Morgan fingerprint density at radius 2 is 1.46 bits per heavy atom. The van der Waals surface area contributed by atoms with E-state index in [1.807, 2.05) is 0 Å². The van der Waals surface area contributed by atoms with Gasteiger partial charge in [-0.1, -0.05) is 25.3 Å². The van der Waals surface area contributed by atoms with Gasteiger partial charge in [-0.3, -0.25) is 9.59 Å². The summed E-state index contributed by atoms with van der Waals surface area (Å²) in [4.78, 5) is 23.9. The summed E-state index contributed by atoms with van der Waals surface area (Å²) >= 11 is 1.63. The van der Waals surface area contributed by atoms with Crippen LogP contribution in [0.15, 0.2) is 70.5 Å². The lowest BCUT2D eigenvalue weighted by Gasteiger charge is -2.08. The van der Waals surface area contributed by atoms with Crippen LogP contribution in [0, 0.1) is 11.6 Å². The normalized spacial score (nSPS) is 10.5. The van der Waals surface area contributed by atoms with Crippen molar-refractivity contribution in [2.45, 2.75) is 23.6 Å². The van der Waals surface area contributed by atoms with Crippen LogP contribution in [0.1, 0.15) is 13.8 Å². The average molecular weight is 390 g/mol. The Morgan fingerprint density at radius 3 is 2.00 bits per heavy atom. The molecule has 0 unspecified atom stereocenters. The van der Waals surface area contributed by atoms with Crippen molar-refractivity contribution in [2.75, 3.05) is 0 Å². The first-order valence-electron chi connectivity index (χ1n) is 7.54. The maximum absolute atomic E-state index is 14.4. The topological polar surface area (TPSA) is 34.1 Å². The lowest BCUT2D eigenvalue weighted by atomic mass is 10.1. The van der Waals surface area contributed by atoms with Gasteiger partial charge in [0.1, 0.15) is 11.6 Å². The van der Waals surface area contributed by atoms with Crippen molar-refractivity contribution in [1.29, 1.82) is 0 Å². The Balaban J connectivity index is 2.27. The van der Waals surface area contributed by atoms with Gasteiger partial charge in [-0.05, 0) is 78.3 Å². The summed E-state index contributed by atoms with van der Waals surface area (Å²) in [5, 5.41) is -0.571. The molecule has 2 rings (SSSR count). The molecule has 0 bridgehead atoms. The van der Waals surface area contributed by atoms with Crippen molar-refractivity contribution in [3.05, 3.63) is 72.3 Å². The van der Waals surface area contributed by atoms with E-state index in [0.717, 1.165) is 23.5 Å². The molecule has 0 amide bonds. The number of hydrogen-bond donors (Lipinski definition) is 0. The van der Waals surface area contributed by atoms with Crippen molar-refractivity contribution in [3.63, 3.8) is 0 Å². The zero-order valence-electron chi connectivity index (χ0n) is 14.3. The number of carbonyl (C=O) groups is 2. The monoisotopic (exact) mass is 390 g/mol. The van der Waals surface area contributed by atoms with Gasteiger partial charge < -0.3 is 0 Å². The zero-order valence-corrected chi connectivity index (χ0v) is 15.9. The fourth-order valence-electron chi connectivity index (χ4n) is 1.93. The van der Waals surface area contributed by atoms with Crippen molar-refractivity contribution < 1.29 is 18.4 Å². The van der Waals surface area contributed by atoms with E-state index in [1.165, 1.54) is 24.3 Å². The van der Waals surface area contributed by atoms with Gasteiger partial charge in [-0.25, -0.2) is 8.78 Å². The van der Waals surface area contributed by atoms with Crippen LogP contribution in [-0.2, 0) is 9.59 Å². The van der Waals surface area contributed by atoms with Crippen LogP contribution >= 0.6 is 23.5 Å². The predicted octanol–water partition coefficient (Wildman–Crippen LogP) is 6.02. The smallest absolute Gasteiger partial charge is 0.219 e. The highest BCUT2D eigenvalue weighted by molar-refractivity contribution is 8.14. The van der Waals surface area contributed by atoms with Gasteiger partial charge >= 0.3 is 0 Å². The maximum Gasteiger partial charge on any atom is 0.219 e. The van der Waals surface area contributed by atoms with Gasteiger partial charge in [-0.15, -0.1) is 0 Å². The Kier molecular flexibility index (Phi) is 6.56. The first kappa shape index (κ1) is 20.1. The molecule has 0 aliphatic carbocycles. The molecule has 0 radical (unpaired) electrons. The second-order valence-corrected chi connectivity index (χ2v) is 7.69. The lowest BCUT2D eigenvalue weighted by molar-refractivity contribution is -0.108. The van der Waals surface area contributed by atoms with Crippen molar-refractivity contribution in [2.24, 2.45) is 0 Å². The SMILES string of the molecule is C=C(C)C(=O)Sc1ccc(-c2ccc(SC(=O)C(=C)C)c(F)c2)c(F)c1. The van der Waals surface area contributed by atoms with Gasteiger partial charge in [0.05, 0.1) is 4.90 Å². The lowest BCUT2D eigenvalue weighted by Crippen LogP contribution is -1.94. The molecular weight excluding hydrogens is 374 g/mol. The molecule has 2 nitrogen and oxygen atoms in total. The summed E-state index contributed by atoms with van der Waals surface area (Å²) < 4.78 is 28.6. The molecule has 0 aliphatic rings. The Morgan fingerprint density at radius 1 is 0.846 bits per heavy atom. The zero-order chi connectivity index (χ0) is 19.4. The molecular formula is C20H16F2O2S2. The van der Waals surface area contributed by atoms with Gasteiger partial charge in [0.2, 0.25) is 10.2 Å². The molecule has 0 aliphatic heterocycles. The van der Waals surface area contributed by atoms with Crippen LogP contribution in [0.3, 0.4) is 0 Å². The summed E-state index contributed by atoms with van der Waals surface area (Å²) in [7, 11) is 0. The van der Waals surface area contributed by atoms with Crippen LogP contribution < -0.4 is 0 Å². The minimum absolute atomic E-state index is 0.154. The van der Waals surface area contributed by atoms with Gasteiger partial charge in [0.15, 0.2) is 0 Å². The van der Waals surface area contributed by atoms with Crippen LogP contribution in [0.4, 0.5) is 8.78 Å². The third-order valence-corrected chi connectivity index (χ3v) is 5.40. The molecule has 0 saturated heterocycles. The molecule has 26 heavy (non-hydrogen) atoms. The van der Waals surface area contributed by atoms with Gasteiger partial charge in [0.25, 0.3) is 0 Å². The van der Waals surface area contributed by atoms with E-state index in [4.69, 9.17) is 0 Å². The summed E-state index contributed by atoms with van der Waals surface area (Å²) in [5.74, 6) is -1.18. The van der Waals surface area contributed by atoms with E-state index in [0.29, 0.717) is 21.6 Å². The molecule has 0 heterocycles. The first-order chi connectivity index (χ1) is 12.2. The minimum Gasteiger partial charge on any atom is -0.282 e. The number of hydrogen-bond acceptors (Lipinski definition) is 4. The highest BCUT2D eigenvalue weighted by Crippen LogP contribution is 2.32. The van der Waals surface area contributed by atoms with E-state index < -0.39 is 11.6 Å². The Labute approximate surface area is 159 Å². The minimum atomic E-state index is -0.614. The summed E-state index contributed by atoms with van der Waals surface area (Å²) in [6, 6.07) is 8.47. The first-order valence-corrected chi connectivity index (χ1v) is 9.17. The van der Waals surface area contributed by atoms with E-state index in [1.54, 1.807) is 26.0 Å². The molecule has 134 valence electrons. The molecule has 0 saturated carbocycles. The molecule has 0 N–H and O–H groups in total. The fraction of sp³-hybridized carbons (Fsp3) is 0.100. The van der Waals surface area contributed by atoms with Gasteiger partial charge in [0, 0.05) is 10.5 Å². The molecule has 0 spiro atoms. The van der Waals surface area contributed by atoms with Crippen LogP contribution in [0.5, 0.6) is 0 Å². The number of rotatable bonds is 5. The summed E-state index contributed by atoms with van der Waals surface area (Å²) in [6.45, 7) is 10.2. The molecule has 2 aromatic rings. The number of benzene rings is 2. The largest absolute Gasteiger partial charge is 0.282 e. The van der Waals surface area contributed by atoms with E-state index in [-0.39, 0.29) is 20.7 Å². The van der Waals surface area contributed by atoms with Crippen molar-refractivity contribution in [1.82, 2.24) is 0 Å². The second kappa shape index (κ2) is 8.47. The predicted molar refractivity (Wildman–Crippen MR) is 103 cm³/mol. The Hall–Kier alpha value is -2.18. The summed E-state index contributed by atoms with van der Waals surface area (Å²) in [5.41, 5.74) is 1.24. The standard InChI is InChI=1S/C20H16F2O2S2/c1-11(2)19(23)25-14-6-7-15(16(21)10-14)13-5-8-18(17(22)9-13)26-20(24)12(3)4/h5-10H,1,3H2,2,4H3. The molecule has 0 fully saturated rings. The highest BCUT2D eigenvalue weighted by Gasteiger charge is 2.14. The van der Waals surface area contributed by atoms with Gasteiger partial charge in [-0.2, -0.15) is 0 Å². The fourth-order valence-corrected chi connectivity index (χ4v) is 3.28. The van der Waals surface area contributed by atoms with E-state index in [9.17, 15) is 18.4 Å². The molecule has 6 heteroatoms. The van der Waals surface area contributed by atoms with E-state index >= 15 is 0 Å². The number of thioether (sulfide) groups is 2. The molecule has 0 aromatic heterocycles. The quantitative estimate of drug-likeness (QED) is 0.462. The molecule has 0 atom stereocenters. The van der Waals surface area contributed by atoms with E-state index in [2.05, 4.69) is 13.2 Å². The van der Waals surface area contributed by atoms with Crippen molar-refractivity contribution in [3.8, 4) is 11.1 Å². The third-order valence-electron chi connectivity index (χ3n) is 3.29. The average Bonchev–Trinajstić information content (AvgIpc) is 2.56. The van der Waals surface area contributed by atoms with Crippen LogP contribution in [-0.4, -0.2) is 10.2 Å². The third kappa shape index (κ3) is 4.93. The molecule has 2 aromatic carbocycles.